The lowest BCUT2D eigenvalue weighted by Gasteiger charge is -2.07. The maximum absolute atomic E-state index is 13.7. The van der Waals surface area contributed by atoms with E-state index in [0.717, 1.165) is 5.56 Å². The standard InChI is InChI=1S/C18H15FN2O2/c1-12-5-3-4-6-16(12)21-18(22)14(11-20)9-13-7-8-17(23-2)15(19)10-13/h3-10H,1-2H3,(H,21,22)/b14-9+. The van der Waals surface area contributed by atoms with Gasteiger partial charge in [-0.2, -0.15) is 5.26 Å². The number of benzene rings is 2. The average Bonchev–Trinajstić information content (AvgIpc) is 2.54. The first kappa shape index (κ1) is 16.2. The van der Waals surface area contributed by atoms with Crippen molar-refractivity contribution >= 4 is 17.7 Å². The molecule has 0 spiro atoms. The van der Waals surface area contributed by atoms with E-state index in [2.05, 4.69) is 5.32 Å². The smallest absolute Gasteiger partial charge is 0.266 e. The van der Waals surface area contributed by atoms with Gasteiger partial charge in [-0.1, -0.05) is 24.3 Å². The zero-order valence-electron chi connectivity index (χ0n) is 12.8. The molecule has 0 bridgehead atoms. The van der Waals surface area contributed by atoms with Gasteiger partial charge < -0.3 is 10.1 Å². The van der Waals surface area contributed by atoms with Crippen molar-refractivity contribution in [2.75, 3.05) is 12.4 Å². The molecular formula is C18H15FN2O2. The van der Waals surface area contributed by atoms with Crippen LogP contribution in [-0.2, 0) is 4.79 Å². The second kappa shape index (κ2) is 7.23. The Balaban J connectivity index is 2.25. The Bertz CT molecular complexity index is 807. The minimum atomic E-state index is -0.558. The van der Waals surface area contributed by atoms with Crippen LogP contribution >= 0.6 is 0 Å². The van der Waals surface area contributed by atoms with Crippen LogP contribution < -0.4 is 10.1 Å². The number of hydrogen-bond acceptors (Lipinski definition) is 3. The van der Waals surface area contributed by atoms with Crippen molar-refractivity contribution in [3.05, 3.63) is 65.0 Å². The number of nitriles is 1. The number of para-hydroxylation sites is 1. The molecule has 0 radical (unpaired) electrons. The molecule has 0 aromatic heterocycles. The number of rotatable bonds is 4. The lowest BCUT2D eigenvalue weighted by atomic mass is 10.1. The van der Waals surface area contributed by atoms with E-state index in [9.17, 15) is 14.4 Å². The van der Waals surface area contributed by atoms with Gasteiger partial charge in [0.2, 0.25) is 0 Å². The number of halogens is 1. The minimum Gasteiger partial charge on any atom is -0.494 e. The van der Waals surface area contributed by atoms with Crippen LogP contribution in [0.4, 0.5) is 10.1 Å². The number of aryl methyl sites for hydroxylation is 1. The highest BCUT2D eigenvalue weighted by atomic mass is 19.1. The molecule has 2 rings (SSSR count). The van der Waals surface area contributed by atoms with E-state index in [1.807, 2.05) is 25.1 Å². The molecular weight excluding hydrogens is 295 g/mol. The third kappa shape index (κ3) is 3.95. The molecule has 2 aromatic carbocycles. The first-order valence-electron chi connectivity index (χ1n) is 6.87. The summed E-state index contributed by atoms with van der Waals surface area (Å²) in [7, 11) is 1.37. The molecule has 1 amide bonds. The highest BCUT2D eigenvalue weighted by Crippen LogP contribution is 2.20. The summed E-state index contributed by atoms with van der Waals surface area (Å²) in [5.74, 6) is -0.999. The van der Waals surface area contributed by atoms with E-state index >= 15 is 0 Å². The fourth-order valence-corrected chi connectivity index (χ4v) is 1.99. The second-order valence-electron chi connectivity index (χ2n) is 4.83. The van der Waals surface area contributed by atoms with Crippen LogP contribution in [0.25, 0.3) is 6.08 Å². The lowest BCUT2D eigenvalue weighted by Crippen LogP contribution is -2.14. The molecule has 0 atom stereocenters. The van der Waals surface area contributed by atoms with Crippen molar-refractivity contribution in [2.45, 2.75) is 6.92 Å². The van der Waals surface area contributed by atoms with Crippen molar-refractivity contribution in [1.82, 2.24) is 0 Å². The van der Waals surface area contributed by atoms with Crippen LogP contribution in [0.5, 0.6) is 5.75 Å². The Hall–Kier alpha value is -3.13. The zero-order valence-corrected chi connectivity index (χ0v) is 12.8. The molecule has 0 heterocycles. The van der Waals surface area contributed by atoms with E-state index in [-0.39, 0.29) is 11.3 Å². The molecule has 2 aromatic rings. The summed E-state index contributed by atoms with van der Waals surface area (Å²) in [4.78, 5) is 12.2. The van der Waals surface area contributed by atoms with Gasteiger partial charge in [0.25, 0.3) is 5.91 Å². The summed E-state index contributed by atoms with van der Waals surface area (Å²) in [6, 6.07) is 13.3. The Labute approximate surface area is 133 Å². The van der Waals surface area contributed by atoms with E-state index < -0.39 is 11.7 Å². The molecule has 0 unspecified atom stereocenters. The molecule has 0 fully saturated rings. The van der Waals surface area contributed by atoms with Gasteiger partial charge in [0.1, 0.15) is 11.6 Å². The number of hydrogen-bond donors (Lipinski definition) is 1. The number of carbonyl (C=O) groups is 1. The number of carbonyl (C=O) groups excluding carboxylic acids is 1. The van der Waals surface area contributed by atoms with Gasteiger partial charge >= 0.3 is 0 Å². The molecule has 0 saturated heterocycles. The molecule has 116 valence electrons. The molecule has 1 N–H and O–H groups in total. The largest absolute Gasteiger partial charge is 0.494 e. The van der Waals surface area contributed by atoms with E-state index in [1.165, 1.54) is 25.3 Å². The van der Waals surface area contributed by atoms with Crippen molar-refractivity contribution in [2.24, 2.45) is 0 Å². The van der Waals surface area contributed by atoms with Gasteiger partial charge in [-0.25, -0.2) is 4.39 Å². The molecule has 0 aliphatic carbocycles. The summed E-state index contributed by atoms with van der Waals surface area (Å²) in [6.07, 6.45) is 1.33. The lowest BCUT2D eigenvalue weighted by molar-refractivity contribution is -0.112. The summed E-state index contributed by atoms with van der Waals surface area (Å²) in [5, 5.41) is 11.8. The second-order valence-corrected chi connectivity index (χ2v) is 4.83. The number of nitrogens with one attached hydrogen (secondary N) is 1. The molecule has 4 nitrogen and oxygen atoms in total. The third-order valence-corrected chi connectivity index (χ3v) is 3.25. The average molecular weight is 310 g/mol. The fourth-order valence-electron chi connectivity index (χ4n) is 1.99. The molecule has 5 heteroatoms. The van der Waals surface area contributed by atoms with Gasteiger partial charge in [-0.15, -0.1) is 0 Å². The van der Waals surface area contributed by atoms with Gasteiger partial charge in [0.15, 0.2) is 11.6 Å². The van der Waals surface area contributed by atoms with Crippen molar-refractivity contribution in [3.8, 4) is 11.8 Å². The summed E-state index contributed by atoms with van der Waals surface area (Å²) < 4.78 is 18.5. The highest BCUT2D eigenvalue weighted by Gasteiger charge is 2.11. The van der Waals surface area contributed by atoms with Crippen molar-refractivity contribution < 1.29 is 13.9 Å². The Morgan fingerprint density at radius 1 is 1.30 bits per heavy atom. The third-order valence-electron chi connectivity index (χ3n) is 3.25. The van der Waals surface area contributed by atoms with E-state index in [0.29, 0.717) is 11.3 Å². The molecule has 0 saturated carbocycles. The Kier molecular flexibility index (Phi) is 5.11. The van der Waals surface area contributed by atoms with Crippen LogP contribution in [-0.4, -0.2) is 13.0 Å². The molecule has 0 aliphatic rings. The van der Waals surface area contributed by atoms with Crippen LogP contribution in [0, 0.1) is 24.1 Å². The number of nitrogens with zero attached hydrogens (tertiary/aromatic N) is 1. The Morgan fingerprint density at radius 2 is 2.04 bits per heavy atom. The van der Waals surface area contributed by atoms with Crippen LogP contribution in [0.15, 0.2) is 48.0 Å². The van der Waals surface area contributed by atoms with Crippen LogP contribution in [0.3, 0.4) is 0 Å². The summed E-state index contributed by atoms with van der Waals surface area (Å²) in [5.41, 5.74) is 1.80. The number of methoxy groups -OCH3 is 1. The monoisotopic (exact) mass is 310 g/mol. The topological polar surface area (TPSA) is 62.1 Å². The van der Waals surface area contributed by atoms with E-state index in [4.69, 9.17) is 4.74 Å². The number of amides is 1. The SMILES string of the molecule is COc1ccc(/C=C(\C#N)C(=O)Nc2ccccc2C)cc1F. The first-order chi connectivity index (χ1) is 11.0. The summed E-state index contributed by atoms with van der Waals surface area (Å²) >= 11 is 0. The molecule has 0 aliphatic heterocycles. The maximum atomic E-state index is 13.7. The minimum absolute atomic E-state index is 0.102. The number of anilines is 1. The van der Waals surface area contributed by atoms with E-state index in [1.54, 1.807) is 18.2 Å². The highest BCUT2D eigenvalue weighted by molar-refractivity contribution is 6.09. The quantitative estimate of drug-likeness (QED) is 0.692. The van der Waals surface area contributed by atoms with Gasteiger partial charge in [-0.3, -0.25) is 4.79 Å². The van der Waals surface area contributed by atoms with Crippen molar-refractivity contribution in [1.29, 1.82) is 5.26 Å². The van der Waals surface area contributed by atoms with Crippen LogP contribution in [0.2, 0.25) is 0 Å². The van der Waals surface area contributed by atoms with Gasteiger partial charge in [0.05, 0.1) is 7.11 Å². The number of ether oxygens (including phenoxy) is 1. The van der Waals surface area contributed by atoms with Gasteiger partial charge in [-0.05, 0) is 42.3 Å². The maximum Gasteiger partial charge on any atom is 0.266 e. The predicted molar refractivity (Wildman–Crippen MR) is 86.4 cm³/mol. The normalized spacial score (nSPS) is 10.8. The summed E-state index contributed by atoms with van der Waals surface area (Å²) in [6.45, 7) is 1.85. The fraction of sp³-hybridized carbons (Fsp3) is 0.111. The molecule has 23 heavy (non-hydrogen) atoms. The zero-order chi connectivity index (χ0) is 16.8. The van der Waals surface area contributed by atoms with Crippen molar-refractivity contribution in [3.63, 3.8) is 0 Å². The predicted octanol–water partition coefficient (Wildman–Crippen LogP) is 3.69. The first-order valence-corrected chi connectivity index (χ1v) is 6.87. The van der Waals surface area contributed by atoms with Crippen LogP contribution in [0.1, 0.15) is 11.1 Å². The van der Waals surface area contributed by atoms with Gasteiger partial charge in [0, 0.05) is 5.69 Å². The Morgan fingerprint density at radius 3 is 2.65 bits per heavy atom.